The highest BCUT2D eigenvalue weighted by Gasteiger charge is 2.33. The molecule has 0 radical (unpaired) electrons. The Morgan fingerprint density at radius 2 is 1.25 bits per heavy atom. The molecule has 0 rings (SSSR count). The zero-order valence-electron chi connectivity index (χ0n) is 14.7. The third-order valence-corrected chi connectivity index (χ3v) is 3.27. The maximum Gasteiger partial charge on any atom is 0.328 e. The van der Waals surface area contributed by atoms with E-state index < -0.39 is 79.2 Å². The maximum absolute atomic E-state index is 12.2. The Hall–Kier alpha value is -3.26. The highest BCUT2D eigenvalue weighted by atomic mass is 16.4. The lowest BCUT2D eigenvalue weighted by Crippen LogP contribution is -2.58. The Bertz CT molecular complexity index is 636. The van der Waals surface area contributed by atoms with Crippen LogP contribution >= 0.6 is 0 Å². The summed E-state index contributed by atoms with van der Waals surface area (Å²) in [5.74, 6) is -7.94. The molecule has 0 saturated heterocycles. The van der Waals surface area contributed by atoms with Crippen molar-refractivity contribution in [2.24, 2.45) is 5.73 Å². The van der Waals surface area contributed by atoms with Crippen molar-refractivity contribution >= 4 is 35.6 Å². The number of carboxylic acids is 3. The van der Waals surface area contributed by atoms with Crippen LogP contribution in [0.1, 0.15) is 19.8 Å². The van der Waals surface area contributed by atoms with E-state index in [9.17, 15) is 33.9 Å². The van der Waals surface area contributed by atoms with Crippen molar-refractivity contribution in [3.8, 4) is 0 Å². The van der Waals surface area contributed by atoms with E-state index in [0.29, 0.717) is 0 Å². The van der Waals surface area contributed by atoms with Gasteiger partial charge in [0.2, 0.25) is 17.7 Å². The van der Waals surface area contributed by atoms with Crippen molar-refractivity contribution < 1.29 is 49.2 Å². The number of nitrogens with one attached hydrogen (secondary N) is 3. The average Bonchev–Trinajstić information content (AvgIpc) is 2.56. The highest BCUT2D eigenvalue weighted by molar-refractivity contribution is 5.96. The predicted octanol–water partition coefficient (Wildman–Crippen LogP) is -4.19. The predicted molar refractivity (Wildman–Crippen MR) is 88.7 cm³/mol. The molecule has 3 amide bonds. The van der Waals surface area contributed by atoms with Crippen LogP contribution < -0.4 is 21.7 Å². The molecule has 0 aromatic carbocycles. The molecule has 0 aliphatic rings. The third kappa shape index (κ3) is 8.91. The fourth-order valence-corrected chi connectivity index (χ4v) is 1.94. The van der Waals surface area contributed by atoms with Gasteiger partial charge >= 0.3 is 17.9 Å². The van der Waals surface area contributed by atoms with E-state index in [4.69, 9.17) is 21.1 Å². The minimum absolute atomic E-state index is 0.558. The summed E-state index contributed by atoms with van der Waals surface area (Å²) in [4.78, 5) is 68.5. The Labute approximate surface area is 158 Å². The second kappa shape index (κ2) is 11.5. The molecule has 14 heteroatoms. The van der Waals surface area contributed by atoms with Crippen molar-refractivity contribution in [3.05, 3.63) is 0 Å². The molecule has 158 valence electrons. The first kappa shape index (κ1) is 24.7. The molecule has 4 atom stereocenters. The van der Waals surface area contributed by atoms with E-state index in [2.05, 4.69) is 0 Å². The van der Waals surface area contributed by atoms with Gasteiger partial charge in [0, 0.05) is 0 Å². The largest absolute Gasteiger partial charge is 0.481 e. The van der Waals surface area contributed by atoms with E-state index in [1.54, 1.807) is 0 Å². The normalized spacial score (nSPS) is 14.7. The van der Waals surface area contributed by atoms with Gasteiger partial charge in [0.1, 0.15) is 12.1 Å². The molecular weight excluding hydrogens is 384 g/mol. The second-order valence-electron chi connectivity index (χ2n) is 5.65. The van der Waals surface area contributed by atoms with E-state index in [-0.39, 0.29) is 0 Å². The number of amides is 3. The number of aliphatic hydroxyl groups excluding tert-OH is 1. The molecule has 0 spiro atoms. The number of carbonyl (C=O) groups excluding carboxylic acids is 3. The fourth-order valence-electron chi connectivity index (χ4n) is 1.94. The van der Waals surface area contributed by atoms with Crippen LogP contribution in [0.25, 0.3) is 0 Å². The molecule has 0 heterocycles. The zero-order chi connectivity index (χ0) is 22.0. The van der Waals surface area contributed by atoms with Gasteiger partial charge in [-0.15, -0.1) is 0 Å². The number of rotatable bonds is 12. The minimum atomic E-state index is -1.81. The van der Waals surface area contributed by atoms with Crippen LogP contribution in [0, 0.1) is 0 Å². The zero-order valence-corrected chi connectivity index (χ0v) is 14.7. The van der Waals surface area contributed by atoms with Crippen LogP contribution in [0.5, 0.6) is 0 Å². The van der Waals surface area contributed by atoms with E-state index in [1.165, 1.54) is 0 Å². The number of aliphatic carboxylic acids is 3. The van der Waals surface area contributed by atoms with Crippen LogP contribution in [-0.2, 0) is 28.8 Å². The van der Waals surface area contributed by atoms with Gasteiger partial charge in [0.15, 0.2) is 6.04 Å². The number of hydrogen-bond acceptors (Lipinski definition) is 8. The van der Waals surface area contributed by atoms with E-state index >= 15 is 0 Å². The molecule has 9 N–H and O–H groups in total. The van der Waals surface area contributed by atoms with Crippen molar-refractivity contribution in [2.75, 3.05) is 6.54 Å². The van der Waals surface area contributed by atoms with Gasteiger partial charge in [-0.3, -0.25) is 24.0 Å². The summed E-state index contributed by atoms with van der Waals surface area (Å²) in [6.07, 6.45) is -3.40. The maximum atomic E-state index is 12.2. The van der Waals surface area contributed by atoms with Gasteiger partial charge in [-0.05, 0) is 6.92 Å². The number of aliphatic hydroxyl groups is 1. The number of carbonyl (C=O) groups is 6. The smallest absolute Gasteiger partial charge is 0.328 e. The van der Waals surface area contributed by atoms with Crippen LogP contribution in [0.4, 0.5) is 0 Å². The first-order valence-electron chi connectivity index (χ1n) is 7.83. The number of hydrogen-bond donors (Lipinski definition) is 8. The summed E-state index contributed by atoms with van der Waals surface area (Å²) in [7, 11) is 0. The van der Waals surface area contributed by atoms with Crippen LogP contribution in [0.15, 0.2) is 0 Å². The van der Waals surface area contributed by atoms with Crippen molar-refractivity contribution in [3.63, 3.8) is 0 Å². The lowest BCUT2D eigenvalue weighted by atomic mass is 10.1. The molecule has 0 fully saturated rings. The van der Waals surface area contributed by atoms with Crippen LogP contribution in [-0.4, -0.2) is 86.8 Å². The summed E-state index contributed by atoms with van der Waals surface area (Å²) in [5, 5.41) is 41.8. The second-order valence-corrected chi connectivity index (χ2v) is 5.65. The van der Waals surface area contributed by atoms with Gasteiger partial charge < -0.3 is 42.1 Å². The summed E-state index contributed by atoms with van der Waals surface area (Å²) in [5.41, 5.74) is 5.07. The molecule has 0 aromatic heterocycles. The highest BCUT2D eigenvalue weighted by Crippen LogP contribution is 2.01. The van der Waals surface area contributed by atoms with E-state index in [1.807, 2.05) is 16.0 Å². The molecule has 0 saturated carbocycles. The number of nitrogens with two attached hydrogens (primary N) is 1. The molecule has 14 nitrogen and oxygen atoms in total. The van der Waals surface area contributed by atoms with Gasteiger partial charge in [0.05, 0.1) is 25.5 Å². The molecule has 0 aliphatic heterocycles. The summed E-state index contributed by atoms with van der Waals surface area (Å²) < 4.78 is 0. The quantitative estimate of drug-likeness (QED) is 0.154. The summed E-state index contributed by atoms with van der Waals surface area (Å²) in [6.45, 7) is 0.506. The lowest BCUT2D eigenvalue weighted by molar-refractivity contribution is -0.146. The minimum Gasteiger partial charge on any atom is -0.481 e. The standard InChI is InChI=1S/C14H22N4O10/c1-5(19)11(14(27)28)18-13(26)7(3-10(23)24)17-12(25)6(2-9(21)22)16-8(20)4-15/h5-7,11,19H,2-4,15H2,1H3,(H,16,20)(H,17,25)(H,18,26)(H,21,22)(H,23,24)(H,27,28). The van der Waals surface area contributed by atoms with Gasteiger partial charge in [0.25, 0.3) is 0 Å². The Morgan fingerprint density at radius 3 is 1.61 bits per heavy atom. The monoisotopic (exact) mass is 406 g/mol. The molecule has 0 bridgehead atoms. The van der Waals surface area contributed by atoms with Crippen LogP contribution in [0.2, 0.25) is 0 Å². The topological polar surface area (TPSA) is 245 Å². The first-order valence-corrected chi connectivity index (χ1v) is 7.83. The molecule has 4 unspecified atom stereocenters. The molecule has 0 aromatic rings. The lowest BCUT2D eigenvalue weighted by Gasteiger charge is -2.24. The summed E-state index contributed by atoms with van der Waals surface area (Å²) >= 11 is 0. The van der Waals surface area contributed by atoms with E-state index in [0.717, 1.165) is 6.92 Å². The first-order chi connectivity index (χ1) is 12.9. The average molecular weight is 406 g/mol. The fraction of sp³-hybridized carbons (Fsp3) is 0.571. The Kier molecular flexibility index (Phi) is 10.1. The third-order valence-electron chi connectivity index (χ3n) is 3.27. The van der Waals surface area contributed by atoms with Crippen LogP contribution in [0.3, 0.4) is 0 Å². The Morgan fingerprint density at radius 1 is 0.821 bits per heavy atom. The van der Waals surface area contributed by atoms with Crippen molar-refractivity contribution in [1.82, 2.24) is 16.0 Å². The van der Waals surface area contributed by atoms with Gasteiger partial charge in [-0.25, -0.2) is 4.79 Å². The molecule has 0 aliphatic carbocycles. The SMILES string of the molecule is CC(O)C(NC(=O)C(CC(=O)O)NC(=O)C(CC(=O)O)NC(=O)CN)C(=O)O. The van der Waals surface area contributed by atoms with Crippen molar-refractivity contribution in [1.29, 1.82) is 0 Å². The molecule has 28 heavy (non-hydrogen) atoms. The molecular formula is C14H22N4O10. The number of carboxylic acid groups (broad SMARTS) is 3. The van der Waals surface area contributed by atoms with Gasteiger partial charge in [-0.2, -0.15) is 0 Å². The van der Waals surface area contributed by atoms with Gasteiger partial charge in [-0.1, -0.05) is 0 Å². The summed E-state index contributed by atoms with van der Waals surface area (Å²) in [6, 6.07) is -5.26. The Balaban J connectivity index is 5.41. The van der Waals surface area contributed by atoms with Crippen molar-refractivity contribution in [2.45, 2.75) is 44.0 Å².